The summed E-state index contributed by atoms with van der Waals surface area (Å²) in [7, 11) is 0. The first-order valence-corrected chi connectivity index (χ1v) is 11.9. The Bertz CT molecular complexity index is 458. The van der Waals surface area contributed by atoms with Crippen LogP contribution in [0.25, 0.3) is 6.08 Å². The van der Waals surface area contributed by atoms with E-state index in [1.807, 2.05) is 6.08 Å². The molecule has 0 spiro atoms. The lowest BCUT2D eigenvalue weighted by atomic mass is 10.0. The Labute approximate surface area is 176 Å². The summed E-state index contributed by atoms with van der Waals surface area (Å²) >= 11 is 0. The molecule has 1 aromatic carbocycles. The van der Waals surface area contributed by atoms with E-state index in [0.717, 1.165) is 6.42 Å². The van der Waals surface area contributed by atoms with E-state index in [1.165, 1.54) is 88.7 Å². The van der Waals surface area contributed by atoms with Crippen molar-refractivity contribution >= 4 is 6.08 Å². The molecule has 0 aromatic heterocycles. The molecular formula is C26H46N2. The summed E-state index contributed by atoms with van der Waals surface area (Å²) in [4.78, 5) is 5.58. The van der Waals surface area contributed by atoms with Crippen molar-refractivity contribution in [3.8, 4) is 0 Å². The van der Waals surface area contributed by atoms with Gasteiger partial charge in [-0.05, 0) is 63.0 Å². The largest absolute Gasteiger partial charge is 0.288 e. The molecular weight excluding hydrogens is 340 g/mol. The molecule has 160 valence electrons. The van der Waals surface area contributed by atoms with Gasteiger partial charge >= 0.3 is 0 Å². The van der Waals surface area contributed by atoms with Crippen molar-refractivity contribution in [3.63, 3.8) is 0 Å². The van der Waals surface area contributed by atoms with Crippen LogP contribution in [0.15, 0.2) is 30.8 Å². The SMILES string of the molecule is C=Cc1ccc(CC(N(CCCC)CCCC)N(CCCC)CCCC)cc1. The van der Waals surface area contributed by atoms with Gasteiger partial charge in [0, 0.05) is 6.42 Å². The van der Waals surface area contributed by atoms with Gasteiger partial charge in [0.1, 0.15) is 0 Å². The molecule has 0 atom stereocenters. The Hall–Kier alpha value is -1.12. The summed E-state index contributed by atoms with van der Waals surface area (Å²) in [6.07, 6.45) is 13.8. The molecule has 0 aliphatic heterocycles. The second-order valence-electron chi connectivity index (χ2n) is 8.12. The molecule has 0 heterocycles. The molecule has 1 aromatic rings. The first-order valence-electron chi connectivity index (χ1n) is 11.9. The summed E-state index contributed by atoms with van der Waals surface area (Å²) < 4.78 is 0. The summed E-state index contributed by atoms with van der Waals surface area (Å²) in [6, 6.07) is 9.04. The Morgan fingerprint density at radius 2 is 1.11 bits per heavy atom. The lowest BCUT2D eigenvalue weighted by Gasteiger charge is -2.40. The number of hydrogen-bond donors (Lipinski definition) is 0. The van der Waals surface area contributed by atoms with Gasteiger partial charge in [-0.3, -0.25) is 9.80 Å². The van der Waals surface area contributed by atoms with E-state index in [9.17, 15) is 0 Å². The van der Waals surface area contributed by atoms with E-state index < -0.39 is 0 Å². The van der Waals surface area contributed by atoms with E-state index in [1.54, 1.807) is 0 Å². The molecule has 2 nitrogen and oxygen atoms in total. The van der Waals surface area contributed by atoms with Crippen molar-refractivity contribution in [2.45, 2.75) is 91.6 Å². The summed E-state index contributed by atoms with van der Waals surface area (Å²) in [5, 5.41) is 0. The topological polar surface area (TPSA) is 6.48 Å². The Kier molecular flexibility index (Phi) is 14.0. The van der Waals surface area contributed by atoms with Crippen molar-refractivity contribution in [2.24, 2.45) is 0 Å². The monoisotopic (exact) mass is 386 g/mol. The molecule has 28 heavy (non-hydrogen) atoms. The molecule has 1 rings (SSSR count). The molecule has 0 amide bonds. The van der Waals surface area contributed by atoms with Crippen LogP contribution in [0.4, 0.5) is 0 Å². The third-order valence-corrected chi connectivity index (χ3v) is 5.67. The second-order valence-corrected chi connectivity index (χ2v) is 8.12. The van der Waals surface area contributed by atoms with Crippen molar-refractivity contribution in [2.75, 3.05) is 26.2 Å². The number of nitrogens with zero attached hydrogens (tertiary/aromatic N) is 2. The van der Waals surface area contributed by atoms with E-state index in [4.69, 9.17) is 0 Å². The van der Waals surface area contributed by atoms with E-state index in [0.29, 0.717) is 6.17 Å². The lowest BCUT2D eigenvalue weighted by Crippen LogP contribution is -2.51. The molecule has 0 aliphatic rings. The lowest BCUT2D eigenvalue weighted by molar-refractivity contribution is 0.0371. The molecule has 0 unspecified atom stereocenters. The van der Waals surface area contributed by atoms with Gasteiger partial charge in [-0.1, -0.05) is 90.3 Å². The van der Waals surface area contributed by atoms with E-state index >= 15 is 0 Å². The van der Waals surface area contributed by atoms with Gasteiger partial charge in [0.15, 0.2) is 0 Å². The maximum atomic E-state index is 3.90. The normalized spacial score (nSPS) is 11.7. The zero-order valence-electron chi connectivity index (χ0n) is 19.3. The number of benzene rings is 1. The zero-order valence-corrected chi connectivity index (χ0v) is 19.3. The predicted octanol–water partition coefficient (Wildman–Crippen LogP) is 7.00. The van der Waals surface area contributed by atoms with Crippen LogP contribution in [-0.2, 0) is 6.42 Å². The Balaban J connectivity index is 3.07. The van der Waals surface area contributed by atoms with Crippen LogP contribution < -0.4 is 0 Å². The van der Waals surface area contributed by atoms with Crippen LogP contribution in [0.5, 0.6) is 0 Å². The van der Waals surface area contributed by atoms with E-state index in [-0.39, 0.29) is 0 Å². The van der Waals surface area contributed by atoms with Gasteiger partial charge in [-0.2, -0.15) is 0 Å². The van der Waals surface area contributed by atoms with Gasteiger partial charge in [0.2, 0.25) is 0 Å². The van der Waals surface area contributed by atoms with Gasteiger partial charge in [0.05, 0.1) is 6.17 Å². The standard InChI is InChI=1S/C26H46N2/c1-6-11-19-27(20-12-7-2)26(28(21-13-8-3)22-14-9-4)23-25-17-15-24(10-5)16-18-25/h10,15-18,26H,5-9,11-14,19-23H2,1-4H3. The van der Waals surface area contributed by atoms with Crippen molar-refractivity contribution in [1.82, 2.24) is 9.80 Å². The molecule has 0 saturated carbocycles. The smallest absolute Gasteiger partial charge is 0.0663 e. The highest BCUT2D eigenvalue weighted by atomic mass is 15.3. The fourth-order valence-electron chi connectivity index (χ4n) is 3.75. The summed E-state index contributed by atoms with van der Waals surface area (Å²) in [5.74, 6) is 0. The van der Waals surface area contributed by atoms with Crippen LogP contribution >= 0.6 is 0 Å². The third-order valence-electron chi connectivity index (χ3n) is 5.67. The average Bonchev–Trinajstić information content (AvgIpc) is 2.73. The van der Waals surface area contributed by atoms with Crippen LogP contribution in [0, 0.1) is 0 Å². The maximum absolute atomic E-state index is 3.90. The van der Waals surface area contributed by atoms with E-state index in [2.05, 4.69) is 68.3 Å². The van der Waals surface area contributed by atoms with Gasteiger partial charge in [-0.25, -0.2) is 0 Å². The fourth-order valence-corrected chi connectivity index (χ4v) is 3.75. The highest BCUT2D eigenvalue weighted by molar-refractivity contribution is 5.47. The van der Waals surface area contributed by atoms with Crippen molar-refractivity contribution < 1.29 is 0 Å². The first kappa shape index (κ1) is 24.9. The van der Waals surface area contributed by atoms with Crippen molar-refractivity contribution in [3.05, 3.63) is 42.0 Å². The first-order chi connectivity index (χ1) is 13.7. The number of hydrogen-bond acceptors (Lipinski definition) is 2. The quantitative estimate of drug-likeness (QED) is 0.266. The molecule has 0 saturated heterocycles. The molecule has 0 fully saturated rings. The fraction of sp³-hybridized carbons (Fsp3) is 0.692. The highest BCUT2D eigenvalue weighted by Gasteiger charge is 2.24. The van der Waals surface area contributed by atoms with Crippen LogP contribution in [0.3, 0.4) is 0 Å². The van der Waals surface area contributed by atoms with Crippen LogP contribution in [-0.4, -0.2) is 42.1 Å². The average molecular weight is 387 g/mol. The molecule has 0 N–H and O–H groups in total. The Morgan fingerprint density at radius 3 is 1.43 bits per heavy atom. The minimum atomic E-state index is 0.519. The van der Waals surface area contributed by atoms with Gasteiger partial charge in [0.25, 0.3) is 0 Å². The molecule has 0 bridgehead atoms. The minimum absolute atomic E-state index is 0.519. The second kappa shape index (κ2) is 15.8. The third kappa shape index (κ3) is 9.39. The summed E-state index contributed by atoms with van der Waals surface area (Å²) in [6.45, 7) is 18.0. The molecule has 0 radical (unpaired) electrons. The van der Waals surface area contributed by atoms with Crippen molar-refractivity contribution in [1.29, 1.82) is 0 Å². The Morgan fingerprint density at radius 1 is 0.714 bits per heavy atom. The van der Waals surface area contributed by atoms with Crippen LogP contribution in [0.2, 0.25) is 0 Å². The molecule has 2 heteroatoms. The van der Waals surface area contributed by atoms with Crippen LogP contribution in [0.1, 0.15) is 90.2 Å². The number of unbranched alkanes of at least 4 members (excludes halogenated alkanes) is 4. The van der Waals surface area contributed by atoms with Gasteiger partial charge < -0.3 is 0 Å². The molecule has 0 aliphatic carbocycles. The zero-order chi connectivity index (χ0) is 20.6. The number of rotatable bonds is 17. The van der Waals surface area contributed by atoms with Gasteiger partial charge in [-0.15, -0.1) is 0 Å². The summed E-state index contributed by atoms with van der Waals surface area (Å²) in [5.41, 5.74) is 2.66. The minimum Gasteiger partial charge on any atom is -0.288 e. The predicted molar refractivity (Wildman–Crippen MR) is 127 cm³/mol. The highest BCUT2D eigenvalue weighted by Crippen LogP contribution is 2.18. The maximum Gasteiger partial charge on any atom is 0.0663 e.